The summed E-state index contributed by atoms with van der Waals surface area (Å²) < 4.78 is 40.3. The minimum absolute atomic E-state index is 0.134. The molecule has 0 bridgehead atoms. The van der Waals surface area contributed by atoms with Crippen molar-refractivity contribution in [3.63, 3.8) is 0 Å². The van der Waals surface area contributed by atoms with E-state index in [1.54, 1.807) is 0 Å². The lowest BCUT2D eigenvalue weighted by molar-refractivity contribution is 0.482. The first-order chi connectivity index (χ1) is 9.13. The largest absolute Gasteiger partial charge is 0.306 e. The van der Waals surface area contributed by atoms with Crippen LogP contribution in [0.25, 0.3) is 0 Å². The van der Waals surface area contributed by atoms with Gasteiger partial charge in [0.05, 0.1) is 12.2 Å². The van der Waals surface area contributed by atoms with E-state index in [-0.39, 0.29) is 5.56 Å². The first kappa shape index (κ1) is 13.5. The maximum Gasteiger partial charge on any atom is 0.163 e. The van der Waals surface area contributed by atoms with Crippen molar-refractivity contribution in [1.29, 1.82) is 0 Å². The molecule has 1 unspecified atom stereocenters. The summed E-state index contributed by atoms with van der Waals surface area (Å²) in [5, 5.41) is 3.00. The van der Waals surface area contributed by atoms with E-state index in [9.17, 15) is 13.2 Å². The average Bonchev–Trinajstić information content (AvgIpc) is 2.40. The molecule has 2 rings (SSSR count). The third-order valence-corrected chi connectivity index (χ3v) is 2.76. The fourth-order valence-electron chi connectivity index (χ4n) is 1.94. The Bertz CT molecular complexity index is 572. The maximum atomic E-state index is 13.8. The number of hydrogen-bond acceptors (Lipinski definition) is 2. The van der Waals surface area contributed by atoms with Crippen molar-refractivity contribution >= 4 is 0 Å². The molecule has 0 saturated heterocycles. The van der Waals surface area contributed by atoms with E-state index in [0.717, 1.165) is 12.3 Å². The van der Waals surface area contributed by atoms with Crippen LogP contribution in [0.15, 0.2) is 36.7 Å². The second-order valence-corrected chi connectivity index (χ2v) is 4.07. The summed E-state index contributed by atoms with van der Waals surface area (Å²) in [6.45, 7) is 2.36. The van der Waals surface area contributed by atoms with Crippen molar-refractivity contribution in [3.8, 4) is 0 Å². The van der Waals surface area contributed by atoms with Crippen LogP contribution in [0.4, 0.5) is 13.2 Å². The molecule has 1 N–H and O–H groups in total. The van der Waals surface area contributed by atoms with Gasteiger partial charge in [-0.1, -0.05) is 19.1 Å². The van der Waals surface area contributed by atoms with Crippen LogP contribution in [0.2, 0.25) is 0 Å². The summed E-state index contributed by atoms with van der Waals surface area (Å²) >= 11 is 0. The molecule has 0 fully saturated rings. The van der Waals surface area contributed by atoms with Crippen LogP contribution in [-0.4, -0.2) is 11.5 Å². The van der Waals surface area contributed by atoms with Gasteiger partial charge in [0.25, 0.3) is 0 Å². The van der Waals surface area contributed by atoms with Gasteiger partial charge in [0, 0.05) is 11.8 Å². The number of rotatable bonds is 4. The standard InChI is InChI=1S/C14H13F3N2/c1-2-19-14(9-6-10(15)8-18-7-9)11-4-3-5-12(16)13(11)17/h3-8,14,19H,2H2,1H3. The van der Waals surface area contributed by atoms with E-state index >= 15 is 0 Å². The van der Waals surface area contributed by atoms with Crippen LogP contribution < -0.4 is 5.32 Å². The summed E-state index contributed by atoms with van der Waals surface area (Å²) in [6, 6.07) is 4.56. The molecule has 100 valence electrons. The van der Waals surface area contributed by atoms with Crippen molar-refractivity contribution in [3.05, 3.63) is 65.2 Å². The molecule has 1 aromatic heterocycles. The lowest BCUT2D eigenvalue weighted by Gasteiger charge is -2.19. The van der Waals surface area contributed by atoms with Crippen molar-refractivity contribution in [2.24, 2.45) is 0 Å². The van der Waals surface area contributed by atoms with Crippen LogP contribution in [0.3, 0.4) is 0 Å². The molecular formula is C14H13F3N2. The third kappa shape index (κ3) is 2.93. The smallest absolute Gasteiger partial charge is 0.163 e. The number of halogens is 3. The van der Waals surface area contributed by atoms with Gasteiger partial charge in [-0.15, -0.1) is 0 Å². The van der Waals surface area contributed by atoms with Crippen molar-refractivity contribution < 1.29 is 13.2 Å². The predicted molar refractivity (Wildman–Crippen MR) is 66.1 cm³/mol. The number of benzene rings is 1. The lowest BCUT2D eigenvalue weighted by atomic mass is 9.99. The first-order valence-corrected chi connectivity index (χ1v) is 5.91. The molecule has 1 heterocycles. The van der Waals surface area contributed by atoms with Crippen LogP contribution in [0.1, 0.15) is 24.1 Å². The molecule has 0 spiro atoms. The first-order valence-electron chi connectivity index (χ1n) is 5.91. The molecule has 0 radical (unpaired) electrons. The van der Waals surface area contributed by atoms with Gasteiger partial charge in [-0.25, -0.2) is 13.2 Å². The number of nitrogens with one attached hydrogen (secondary N) is 1. The van der Waals surface area contributed by atoms with Crippen molar-refractivity contribution in [1.82, 2.24) is 10.3 Å². The molecule has 0 amide bonds. The highest BCUT2D eigenvalue weighted by molar-refractivity contribution is 5.32. The van der Waals surface area contributed by atoms with E-state index in [2.05, 4.69) is 10.3 Å². The predicted octanol–water partition coefficient (Wildman–Crippen LogP) is 3.20. The third-order valence-electron chi connectivity index (χ3n) is 2.76. The van der Waals surface area contributed by atoms with E-state index in [1.807, 2.05) is 6.92 Å². The van der Waals surface area contributed by atoms with Gasteiger partial charge in [0.15, 0.2) is 11.6 Å². The Hall–Kier alpha value is -1.88. The lowest BCUT2D eigenvalue weighted by Crippen LogP contribution is -2.23. The van der Waals surface area contributed by atoms with Crippen LogP contribution in [-0.2, 0) is 0 Å². The van der Waals surface area contributed by atoms with Crippen LogP contribution in [0, 0.1) is 17.5 Å². The van der Waals surface area contributed by atoms with Gasteiger partial charge >= 0.3 is 0 Å². The topological polar surface area (TPSA) is 24.9 Å². The highest BCUT2D eigenvalue weighted by atomic mass is 19.2. The molecule has 1 atom stereocenters. The van der Waals surface area contributed by atoms with E-state index in [1.165, 1.54) is 24.4 Å². The van der Waals surface area contributed by atoms with Crippen LogP contribution in [0.5, 0.6) is 0 Å². The van der Waals surface area contributed by atoms with E-state index in [4.69, 9.17) is 0 Å². The average molecular weight is 266 g/mol. The second-order valence-electron chi connectivity index (χ2n) is 4.07. The highest BCUT2D eigenvalue weighted by Gasteiger charge is 2.19. The minimum atomic E-state index is -0.933. The van der Waals surface area contributed by atoms with Gasteiger partial charge in [-0.2, -0.15) is 0 Å². The Morgan fingerprint density at radius 3 is 2.68 bits per heavy atom. The van der Waals surface area contributed by atoms with E-state index in [0.29, 0.717) is 12.1 Å². The molecule has 19 heavy (non-hydrogen) atoms. The minimum Gasteiger partial charge on any atom is -0.306 e. The Labute approximate surface area is 109 Å². The number of pyridine rings is 1. The molecular weight excluding hydrogens is 253 g/mol. The van der Waals surface area contributed by atoms with Gasteiger partial charge in [0.1, 0.15) is 5.82 Å². The Balaban J connectivity index is 2.48. The number of nitrogens with zero attached hydrogens (tertiary/aromatic N) is 1. The monoisotopic (exact) mass is 266 g/mol. The van der Waals surface area contributed by atoms with Crippen molar-refractivity contribution in [2.75, 3.05) is 6.54 Å². The summed E-state index contributed by atoms with van der Waals surface area (Å²) in [7, 11) is 0. The van der Waals surface area contributed by atoms with Gasteiger partial charge in [-0.3, -0.25) is 4.98 Å². The SMILES string of the molecule is CCNC(c1cncc(F)c1)c1cccc(F)c1F. The summed E-state index contributed by atoms with van der Waals surface area (Å²) in [5.41, 5.74) is 0.584. The van der Waals surface area contributed by atoms with Gasteiger partial charge in [-0.05, 0) is 24.2 Å². The molecule has 2 nitrogen and oxygen atoms in total. The normalized spacial score (nSPS) is 12.4. The maximum absolute atomic E-state index is 13.8. The highest BCUT2D eigenvalue weighted by Crippen LogP contribution is 2.25. The fraction of sp³-hybridized carbons (Fsp3) is 0.214. The number of aromatic nitrogens is 1. The summed E-state index contributed by atoms with van der Waals surface area (Å²) in [6.07, 6.45) is 2.50. The fourth-order valence-corrected chi connectivity index (χ4v) is 1.94. The molecule has 0 aliphatic rings. The van der Waals surface area contributed by atoms with Crippen LogP contribution >= 0.6 is 0 Å². The van der Waals surface area contributed by atoms with Gasteiger partial charge in [0.2, 0.25) is 0 Å². The zero-order valence-electron chi connectivity index (χ0n) is 10.3. The number of hydrogen-bond donors (Lipinski definition) is 1. The van der Waals surface area contributed by atoms with E-state index < -0.39 is 23.5 Å². The zero-order valence-corrected chi connectivity index (χ0v) is 10.3. The summed E-state index contributed by atoms with van der Waals surface area (Å²) in [4.78, 5) is 3.73. The zero-order chi connectivity index (χ0) is 13.8. The Morgan fingerprint density at radius 2 is 2.00 bits per heavy atom. The molecule has 0 saturated carbocycles. The molecule has 0 aliphatic heterocycles. The summed E-state index contributed by atoms with van der Waals surface area (Å²) in [5.74, 6) is -2.38. The Kier molecular flexibility index (Phi) is 4.16. The molecule has 5 heteroatoms. The molecule has 1 aromatic carbocycles. The molecule has 2 aromatic rings. The quantitative estimate of drug-likeness (QED) is 0.919. The Morgan fingerprint density at radius 1 is 1.21 bits per heavy atom. The van der Waals surface area contributed by atoms with Gasteiger partial charge < -0.3 is 5.32 Å². The molecule has 0 aliphatic carbocycles. The second kappa shape index (κ2) is 5.84. The van der Waals surface area contributed by atoms with Crippen molar-refractivity contribution in [2.45, 2.75) is 13.0 Å².